The second kappa shape index (κ2) is 12.8. The third-order valence-electron chi connectivity index (χ3n) is 7.84. The Morgan fingerprint density at radius 3 is 2.61 bits per heavy atom. The number of benzene rings is 1. The van der Waals surface area contributed by atoms with Gasteiger partial charge >= 0.3 is 0 Å². The minimum absolute atomic E-state index is 0.0327. The van der Waals surface area contributed by atoms with Crippen molar-refractivity contribution < 1.29 is 48.6 Å². The van der Waals surface area contributed by atoms with Crippen molar-refractivity contribution in [2.24, 2.45) is 5.92 Å². The van der Waals surface area contributed by atoms with Crippen LogP contribution in [-0.2, 0) is 27.2 Å². The summed E-state index contributed by atoms with van der Waals surface area (Å²) >= 11 is 0. The summed E-state index contributed by atoms with van der Waals surface area (Å²) in [4.78, 5) is 12.8. The van der Waals surface area contributed by atoms with Crippen LogP contribution in [0, 0.1) is 5.92 Å². The van der Waals surface area contributed by atoms with Crippen molar-refractivity contribution in [2.45, 2.75) is 87.9 Å². The molecule has 15 heteroatoms. The lowest BCUT2D eigenvalue weighted by molar-refractivity contribution is -0.274. The molecule has 2 aromatic rings. The van der Waals surface area contributed by atoms with Crippen molar-refractivity contribution in [1.29, 1.82) is 0 Å². The van der Waals surface area contributed by atoms with Crippen LogP contribution in [0.1, 0.15) is 30.7 Å². The molecule has 1 saturated heterocycles. The first-order valence-corrected chi connectivity index (χ1v) is 16.5. The minimum atomic E-state index is -3.25. The van der Waals surface area contributed by atoms with E-state index < -0.39 is 62.8 Å². The van der Waals surface area contributed by atoms with Crippen molar-refractivity contribution in [1.82, 2.24) is 15.0 Å². The summed E-state index contributed by atoms with van der Waals surface area (Å²) < 4.78 is 34.6. The maximum atomic E-state index is 15.8. The van der Waals surface area contributed by atoms with E-state index in [-0.39, 0.29) is 12.5 Å². The van der Waals surface area contributed by atoms with Gasteiger partial charge in [0.2, 0.25) is 8.41 Å². The number of nitrogens with zero attached hydrogens (tertiary/aromatic N) is 3. The van der Waals surface area contributed by atoms with Crippen molar-refractivity contribution in [3.8, 4) is 5.75 Å². The van der Waals surface area contributed by atoms with Crippen LogP contribution in [0.3, 0.4) is 0 Å². The smallest absolute Gasteiger partial charge is 0.256 e. The molecule has 13 nitrogen and oxygen atoms in total. The number of fused-ring (bicyclic) bond motifs is 1. The highest BCUT2D eigenvalue weighted by atomic mass is 28.4. The van der Waals surface area contributed by atoms with Crippen LogP contribution in [0.15, 0.2) is 24.4 Å². The van der Waals surface area contributed by atoms with Crippen LogP contribution in [0.25, 0.3) is 0 Å². The number of aliphatic hydroxyl groups excluding tert-OH is 5. The molecule has 1 aromatic carbocycles. The van der Waals surface area contributed by atoms with E-state index in [0.29, 0.717) is 42.1 Å². The molecule has 4 rings (SSSR count). The van der Waals surface area contributed by atoms with Gasteiger partial charge in [0.25, 0.3) is 5.91 Å². The number of aryl methyl sites for hydroxylation is 1. The molecule has 1 fully saturated rings. The number of carbonyl (C=O) groups excluding carboxylic acids is 1. The zero-order chi connectivity index (χ0) is 30.1. The first-order chi connectivity index (χ1) is 19.3. The van der Waals surface area contributed by atoms with Crippen LogP contribution in [0.2, 0.25) is 18.6 Å². The van der Waals surface area contributed by atoms with Gasteiger partial charge in [0.05, 0.1) is 11.8 Å². The average Bonchev–Trinajstić information content (AvgIpc) is 3.36. The Morgan fingerprint density at radius 2 is 1.95 bits per heavy atom. The Hall–Kier alpha value is -2.50. The van der Waals surface area contributed by atoms with E-state index in [1.165, 1.54) is 0 Å². The lowest BCUT2D eigenvalue weighted by atomic mass is 9.86. The van der Waals surface area contributed by atoms with E-state index in [2.05, 4.69) is 15.6 Å². The molecule has 1 amide bonds. The Bertz CT molecular complexity index is 1200. The summed E-state index contributed by atoms with van der Waals surface area (Å²) in [5.41, 5.74) is 1.20. The monoisotopic (exact) mass is 598 g/mol. The van der Waals surface area contributed by atoms with Crippen molar-refractivity contribution >= 4 is 20.0 Å². The highest BCUT2D eigenvalue weighted by molar-refractivity contribution is 6.72. The Labute approximate surface area is 238 Å². The predicted molar refractivity (Wildman–Crippen MR) is 145 cm³/mol. The fourth-order valence-corrected chi connectivity index (χ4v) is 7.56. The number of hydrogen-bond acceptors (Lipinski definition) is 11. The lowest BCUT2D eigenvalue weighted by Crippen LogP contribution is -2.60. The number of hydrogen-bond donors (Lipinski definition) is 6. The molecular weight excluding hydrogens is 559 g/mol. The zero-order valence-electron chi connectivity index (χ0n) is 23.4. The fourth-order valence-electron chi connectivity index (χ4n) is 5.59. The number of amides is 1. The molecule has 0 saturated carbocycles. The summed E-state index contributed by atoms with van der Waals surface area (Å²) in [5, 5.41) is 59.4. The number of aromatic nitrogens is 3. The summed E-state index contributed by atoms with van der Waals surface area (Å²) in [7, 11) is -1.71. The first-order valence-electron chi connectivity index (χ1n) is 13.6. The maximum absolute atomic E-state index is 15.8. The molecule has 228 valence electrons. The van der Waals surface area contributed by atoms with Crippen molar-refractivity contribution in [3.05, 3.63) is 35.7 Å². The van der Waals surface area contributed by atoms with Gasteiger partial charge in [-0.15, -0.1) is 5.10 Å². The van der Waals surface area contributed by atoms with E-state index in [1.807, 2.05) is 6.92 Å². The van der Waals surface area contributed by atoms with Gasteiger partial charge in [-0.1, -0.05) is 12.1 Å². The molecule has 0 spiro atoms. The molecule has 3 heterocycles. The van der Waals surface area contributed by atoms with Gasteiger partial charge in [0.1, 0.15) is 30.2 Å². The summed E-state index contributed by atoms with van der Waals surface area (Å²) in [5.74, 6) is -0.614. The summed E-state index contributed by atoms with van der Waals surface area (Å²) in [6.45, 7) is 5.62. The van der Waals surface area contributed by atoms with Gasteiger partial charge in [-0.3, -0.25) is 9.48 Å². The number of rotatable bonds is 10. The van der Waals surface area contributed by atoms with Gasteiger partial charge in [-0.2, -0.15) is 0 Å². The van der Waals surface area contributed by atoms with E-state index in [0.717, 1.165) is 0 Å². The van der Waals surface area contributed by atoms with Gasteiger partial charge < -0.3 is 49.2 Å². The third kappa shape index (κ3) is 6.78. The number of aliphatic hydroxyl groups is 5. The van der Waals surface area contributed by atoms with E-state index in [9.17, 15) is 25.2 Å². The Kier molecular flexibility index (Phi) is 9.80. The molecule has 6 N–H and O–H groups in total. The van der Waals surface area contributed by atoms with E-state index in [4.69, 9.17) is 19.3 Å². The van der Waals surface area contributed by atoms with Gasteiger partial charge in [-0.05, 0) is 37.7 Å². The van der Waals surface area contributed by atoms with Gasteiger partial charge in [0.15, 0.2) is 12.4 Å². The fraction of sp³-hybridized carbons (Fsp3) is 0.654. The number of anilines is 1. The second-order valence-corrected chi connectivity index (χ2v) is 15.0. The number of carbonyl (C=O) groups is 1. The normalized spacial score (nSPS) is 30.8. The Morgan fingerprint density at radius 1 is 1.22 bits per heavy atom. The van der Waals surface area contributed by atoms with Crippen LogP contribution in [0.5, 0.6) is 5.75 Å². The molecule has 9 atom stereocenters. The molecule has 1 unspecified atom stereocenters. The lowest BCUT2D eigenvalue weighted by Gasteiger charge is -2.43. The standard InChI is InChI=1S/C26H39FN4O9Si/c1-13-22(38-2)16-11-14(28-25(36)24-20(34)19(33)21(35)26(37)40-24)5-6-17(16)39-23(13)18(41(3,4)27)7-9-31-12-15(8-10-32)29-30-31/h5-6,11-13,18-24,26,32-35,37H,7-10H2,1-4H3,(H,28,36)/t13-,18?,19-,20-,21+,22-,23-,24-,26+/m0/s1. The number of halogens is 1. The highest BCUT2D eigenvalue weighted by Crippen LogP contribution is 2.48. The zero-order valence-corrected chi connectivity index (χ0v) is 24.4. The summed E-state index contributed by atoms with van der Waals surface area (Å²) in [6.07, 6.45) is -7.15. The maximum Gasteiger partial charge on any atom is 0.256 e. The topological polar surface area (TPSA) is 189 Å². The second-order valence-electron chi connectivity index (χ2n) is 11.2. The van der Waals surface area contributed by atoms with Gasteiger partial charge in [0, 0.05) is 55.6 Å². The van der Waals surface area contributed by atoms with Gasteiger partial charge in [-0.25, -0.2) is 0 Å². The molecule has 1 aromatic heterocycles. The average molecular weight is 599 g/mol. The van der Waals surface area contributed by atoms with Crippen LogP contribution >= 0.6 is 0 Å². The largest absolute Gasteiger partial charge is 0.490 e. The SMILES string of the molecule is CO[C@@H]1c2cc(NC(=O)[C@H]3O[C@@H](O)[C@H](O)[C@@H](O)[C@@H]3O)ccc2O[C@H](C(CCn2cc(CCO)nn2)[Si](C)(C)F)[C@H]1C. The number of nitrogens with one attached hydrogen (secondary N) is 1. The molecular formula is C26H39FN4O9Si. The first kappa shape index (κ1) is 31.4. The van der Waals surface area contributed by atoms with Crippen LogP contribution in [0.4, 0.5) is 9.80 Å². The predicted octanol–water partition coefficient (Wildman–Crippen LogP) is 0.271. The number of methoxy groups -OCH3 is 1. The molecule has 41 heavy (non-hydrogen) atoms. The van der Waals surface area contributed by atoms with E-state index in [1.54, 1.807) is 49.3 Å². The van der Waals surface area contributed by atoms with Crippen molar-refractivity contribution in [2.75, 3.05) is 19.0 Å². The molecule has 2 aliphatic heterocycles. The van der Waals surface area contributed by atoms with Crippen molar-refractivity contribution in [3.63, 3.8) is 0 Å². The third-order valence-corrected chi connectivity index (χ3v) is 10.2. The minimum Gasteiger partial charge on any atom is -0.490 e. The van der Waals surface area contributed by atoms with E-state index >= 15 is 4.11 Å². The quantitative estimate of drug-likeness (QED) is 0.163. The molecule has 2 aliphatic rings. The van der Waals surface area contributed by atoms with Crippen LogP contribution in [-0.4, -0.2) is 105 Å². The molecule has 0 bridgehead atoms. The summed E-state index contributed by atoms with van der Waals surface area (Å²) in [6, 6.07) is 4.86. The Balaban J connectivity index is 1.52. The molecule has 0 aliphatic carbocycles. The highest BCUT2D eigenvalue weighted by Gasteiger charge is 2.48. The number of ether oxygens (including phenoxy) is 3. The van der Waals surface area contributed by atoms with Crippen LogP contribution < -0.4 is 10.1 Å². The molecule has 0 radical (unpaired) electrons.